The molecule has 2 aromatic rings. The molecule has 1 atom stereocenters. The number of rotatable bonds is 2. The van der Waals surface area contributed by atoms with Gasteiger partial charge in [0.25, 0.3) is 0 Å². The lowest BCUT2D eigenvalue weighted by atomic mass is 10.3. The summed E-state index contributed by atoms with van der Waals surface area (Å²) in [6, 6.07) is 5.01. The number of nitrogens with two attached hydrogens (primary N) is 1. The van der Waals surface area contributed by atoms with Crippen LogP contribution in [-0.4, -0.2) is 19.7 Å². The van der Waals surface area contributed by atoms with Crippen LogP contribution >= 0.6 is 0 Å². The zero-order chi connectivity index (χ0) is 11.9. The van der Waals surface area contributed by atoms with Crippen LogP contribution in [0.4, 0.5) is 5.69 Å². The maximum atomic E-state index is 11.4. The second-order valence-electron chi connectivity index (χ2n) is 3.75. The van der Waals surface area contributed by atoms with Gasteiger partial charge in [-0.1, -0.05) is 0 Å². The molecule has 1 aromatic carbocycles. The van der Waals surface area contributed by atoms with E-state index in [0.717, 1.165) is 6.26 Å². The number of fused-ring (bicyclic) bond motifs is 1. The summed E-state index contributed by atoms with van der Waals surface area (Å²) in [5.74, 6) is 0.197. The van der Waals surface area contributed by atoms with Crippen LogP contribution in [0, 0.1) is 0 Å². The minimum absolute atomic E-state index is 0.197. The van der Waals surface area contributed by atoms with E-state index in [-0.39, 0.29) is 5.89 Å². The van der Waals surface area contributed by atoms with Gasteiger partial charge in [0, 0.05) is 11.9 Å². The van der Waals surface area contributed by atoms with Gasteiger partial charge in [-0.15, -0.1) is 0 Å². The number of sulfone groups is 1. The van der Waals surface area contributed by atoms with Crippen molar-refractivity contribution in [3.05, 3.63) is 24.1 Å². The highest BCUT2D eigenvalue weighted by Gasteiger charge is 2.22. The van der Waals surface area contributed by atoms with Crippen molar-refractivity contribution in [3.63, 3.8) is 0 Å². The highest BCUT2D eigenvalue weighted by atomic mass is 32.2. The molecular weight excluding hydrogens is 228 g/mol. The first kappa shape index (κ1) is 10.9. The van der Waals surface area contributed by atoms with Crippen LogP contribution in [0.25, 0.3) is 11.1 Å². The fourth-order valence-electron chi connectivity index (χ4n) is 1.32. The van der Waals surface area contributed by atoms with Gasteiger partial charge in [-0.25, -0.2) is 13.4 Å². The maximum Gasteiger partial charge on any atom is 0.213 e. The number of nitrogens with zero attached hydrogens (tertiary/aromatic N) is 1. The van der Waals surface area contributed by atoms with Crippen molar-refractivity contribution in [2.45, 2.75) is 12.2 Å². The van der Waals surface area contributed by atoms with Crippen molar-refractivity contribution in [1.82, 2.24) is 4.98 Å². The number of oxazole rings is 1. The molecule has 5 nitrogen and oxygen atoms in total. The van der Waals surface area contributed by atoms with Crippen molar-refractivity contribution in [3.8, 4) is 0 Å². The van der Waals surface area contributed by atoms with Crippen LogP contribution in [0.2, 0.25) is 0 Å². The Morgan fingerprint density at radius 3 is 2.75 bits per heavy atom. The minimum atomic E-state index is -3.20. The van der Waals surface area contributed by atoms with Crippen molar-refractivity contribution >= 4 is 26.6 Å². The molecule has 0 aliphatic rings. The molecular formula is C10H12N2O3S. The third-order valence-electron chi connectivity index (χ3n) is 2.42. The lowest BCUT2D eigenvalue weighted by Gasteiger charge is -2.02. The summed E-state index contributed by atoms with van der Waals surface area (Å²) in [5, 5.41) is -0.749. The van der Waals surface area contributed by atoms with E-state index in [0.29, 0.717) is 16.8 Å². The van der Waals surface area contributed by atoms with Gasteiger partial charge in [0.05, 0.1) is 0 Å². The van der Waals surface area contributed by atoms with Crippen LogP contribution in [-0.2, 0) is 9.84 Å². The summed E-state index contributed by atoms with van der Waals surface area (Å²) < 4.78 is 28.1. The SMILES string of the molecule is CC(c1nc2cc(N)ccc2o1)S(C)(=O)=O. The van der Waals surface area contributed by atoms with E-state index in [1.165, 1.54) is 0 Å². The molecule has 0 aliphatic carbocycles. The third kappa shape index (κ3) is 1.88. The fourth-order valence-corrected chi connectivity index (χ4v) is 1.79. The predicted molar refractivity (Wildman–Crippen MR) is 61.7 cm³/mol. The second-order valence-corrected chi connectivity index (χ2v) is 6.12. The largest absolute Gasteiger partial charge is 0.439 e. The highest BCUT2D eigenvalue weighted by molar-refractivity contribution is 7.90. The summed E-state index contributed by atoms with van der Waals surface area (Å²) in [4.78, 5) is 4.11. The Bertz CT molecular complexity index is 631. The van der Waals surface area contributed by atoms with Gasteiger partial charge >= 0.3 is 0 Å². The molecule has 1 unspecified atom stereocenters. The quantitative estimate of drug-likeness (QED) is 0.804. The van der Waals surface area contributed by atoms with E-state index in [1.54, 1.807) is 25.1 Å². The molecule has 0 saturated heterocycles. The van der Waals surface area contributed by atoms with Gasteiger partial charge in [0.1, 0.15) is 10.8 Å². The van der Waals surface area contributed by atoms with Gasteiger partial charge < -0.3 is 10.2 Å². The Morgan fingerprint density at radius 2 is 2.12 bits per heavy atom. The number of hydrogen-bond acceptors (Lipinski definition) is 5. The molecule has 86 valence electrons. The number of anilines is 1. The molecule has 1 heterocycles. The van der Waals surface area contributed by atoms with Crippen molar-refractivity contribution in [2.24, 2.45) is 0 Å². The topological polar surface area (TPSA) is 86.2 Å². The molecule has 1 aromatic heterocycles. The summed E-state index contributed by atoms with van der Waals surface area (Å²) in [6.45, 7) is 1.55. The molecule has 0 spiro atoms. The van der Waals surface area contributed by atoms with Gasteiger partial charge in [-0.2, -0.15) is 0 Å². The lowest BCUT2D eigenvalue weighted by molar-refractivity contribution is 0.515. The van der Waals surface area contributed by atoms with Gasteiger partial charge in [0.15, 0.2) is 15.4 Å². The minimum Gasteiger partial charge on any atom is -0.439 e. The van der Waals surface area contributed by atoms with Crippen LogP contribution in [0.1, 0.15) is 18.1 Å². The Labute approximate surface area is 93.2 Å². The molecule has 0 radical (unpaired) electrons. The fraction of sp³-hybridized carbons (Fsp3) is 0.300. The zero-order valence-corrected chi connectivity index (χ0v) is 9.78. The monoisotopic (exact) mass is 240 g/mol. The zero-order valence-electron chi connectivity index (χ0n) is 8.97. The summed E-state index contributed by atoms with van der Waals surface area (Å²) in [7, 11) is -3.20. The maximum absolute atomic E-state index is 11.4. The number of aromatic nitrogens is 1. The molecule has 0 bridgehead atoms. The van der Waals surface area contributed by atoms with Crippen LogP contribution in [0.15, 0.2) is 22.6 Å². The Kier molecular flexibility index (Phi) is 2.38. The standard InChI is InChI=1S/C10H12N2O3S/c1-6(16(2,13)14)10-12-8-5-7(11)3-4-9(8)15-10/h3-6H,11H2,1-2H3. The molecule has 2 N–H and O–H groups in total. The molecule has 0 aliphatic heterocycles. The lowest BCUT2D eigenvalue weighted by Crippen LogP contribution is -2.07. The summed E-state index contributed by atoms with van der Waals surface area (Å²) in [6.07, 6.45) is 1.15. The van der Waals surface area contributed by atoms with Crippen LogP contribution in [0.5, 0.6) is 0 Å². The number of benzene rings is 1. The smallest absolute Gasteiger partial charge is 0.213 e. The molecule has 0 amide bonds. The van der Waals surface area contributed by atoms with E-state index >= 15 is 0 Å². The first-order chi connectivity index (χ1) is 7.38. The van der Waals surface area contributed by atoms with E-state index in [2.05, 4.69) is 4.98 Å². The van der Waals surface area contributed by atoms with Gasteiger partial charge in [-0.05, 0) is 25.1 Å². The highest BCUT2D eigenvalue weighted by Crippen LogP contribution is 2.25. The third-order valence-corrected chi connectivity index (χ3v) is 3.90. The number of nitrogen functional groups attached to an aromatic ring is 1. The van der Waals surface area contributed by atoms with Gasteiger partial charge in [0.2, 0.25) is 5.89 Å². The number of hydrogen-bond donors (Lipinski definition) is 1. The van der Waals surface area contributed by atoms with E-state index in [1.807, 2.05) is 0 Å². The average molecular weight is 240 g/mol. The average Bonchev–Trinajstić information content (AvgIpc) is 2.57. The van der Waals surface area contributed by atoms with E-state index in [4.69, 9.17) is 10.2 Å². The first-order valence-corrected chi connectivity index (χ1v) is 6.68. The Balaban J connectivity index is 2.56. The van der Waals surface area contributed by atoms with Crippen molar-refractivity contribution < 1.29 is 12.8 Å². The van der Waals surface area contributed by atoms with Crippen molar-refractivity contribution in [2.75, 3.05) is 12.0 Å². The molecule has 6 heteroatoms. The first-order valence-electron chi connectivity index (χ1n) is 4.73. The van der Waals surface area contributed by atoms with E-state index in [9.17, 15) is 8.42 Å². The second kappa shape index (κ2) is 3.48. The molecule has 0 fully saturated rings. The van der Waals surface area contributed by atoms with Crippen LogP contribution < -0.4 is 5.73 Å². The molecule has 2 rings (SSSR count). The van der Waals surface area contributed by atoms with Crippen LogP contribution in [0.3, 0.4) is 0 Å². The Hall–Kier alpha value is -1.56. The summed E-state index contributed by atoms with van der Waals surface area (Å²) in [5.41, 5.74) is 7.28. The summed E-state index contributed by atoms with van der Waals surface area (Å²) >= 11 is 0. The van der Waals surface area contributed by atoms with Gasteiger partial charge in [-0.3, -0.25) is 0 Å². The Morgan fingerprint density at radius 1 is 1.44 bits per heavy atom. The normalized spacial score (nSPS) is 14.1. The predicted octanol–water partition coefficient (Wildman–Crippen LogP) is 1.52. The molecule has 0 saturated carbocycles. The molecule has 16 heavy (non-hydrogen) atoms. The van der Waals surface area contributed by atoms with Crippen molar-refractivity contribution in [1.29, 1.82) is 0 Å². The van der Waals surface area contributed by atoms with E-state index < -0.39 is 15.1 Å².